The van der Waals surface area contributed by atoms with Crippen LogP contribution in [0.3, 0.4) is 0 Å². The summed E-state index contributed by atoms with van der Waals surface area (Å²) in [5.41, 5.74) is 2.13. The van der Waals surface area contributed by atoms with Crippen molar-refractivity contribution in [1.29, 1.82) is 0 Å². The number of nitrogens with one attached hydrogen (secondary N) is 1. The molecule has 1 atom stereocenters. The van der Waals surface area contributed by atoms with Gasteiger partial charge in [0.1, 0.15) is 5.57 Å². The molecule has 1 aromatic rings. The number of piperidine rings is 1. The summed E-state index contributed by atoms with van der Waals surface area (Å²) in [6, 6.07) is 5.80. The van der Waals surface area contributed by atoms with Crippen molar-refractivity contribution in [2.24, 2.45) is 0 Å². The maximum atomic E-state index is 13.7. The SMILES string of the molecule is CCOC(=O)OC1=C(c2ccc(C)cc2C)C(=O)[NH+](OCOC)C12CCN(OC)CC2. The van der Waals surface area contributed by atoms with E-state index in [1.165, 1.54) is 7.11 Å². The molecular formula is C22H31N2O7+. The predicted molar refractivity (Wildman–Crippen MR) is 110 cm³/mol. The summed E-state index contributed by atoms with van der Waals surface area (Å²) in [4.78, 5) is 37.2. The molecule has 2 aliphatic heterocycles. The van der Waals surface area contributed by atoms with Gasteiger partial charge in [-0.1, -0.05) is 23.8 Å². The molecule has 3 rings (SSSR count). The quantitative estimate of drug-likeness (QED) is 0.510. The lowest BCUT2D eigenvalue weighted by Gasteiger charge is -2.38. The molecule has 1 amide bonds. The molecule has 1 saturated heterocycles. The van der Waals surface area contributed by atoms with Crippen LogP contribution in [-0.2, 0) is 28.7 Å². The van der Waals surface area contributed by atoms with Crippen LogP contribution in [-0.4, -0.2) is 63.4 Å². The minimum atomic E-state index is -0.899. The average molecular weight is 435 g/mol. The van der Waals surface area contributed by atoms with Crippen LogP contribution in [0.2, 0.25) is 0 Å². The number of quaternary nitrogens is 1. The van der Waals surface area contributed by atoms with Gasteiger partial charge in [-0.2, -0.15) is 9.90 Å². The zero-order chi connectivity index (χ0) is 22.6. The summed E-state index contributed by atoms with van der Waals surface area (Å²) < 4.78 is 15.9. The van der Waals surface area contributed by atoms with Gasteiger partial charge in [0.25, 0.3) is 0 Å². The highest BCUT2D eigenvalue weighted by Crippen LogP contribution is 2.39. The first-order valence-electron chi connectivity index (χ1n) is 10.4. The third-order valence-corrected chi connectivity index (χ3v) is 5.78. The molecule has 170 valence electrons. The lowest BCUT2D eigenvalue weighted by atomic mass is 9.85. The summed E-state index contributed by atoms with van der Waals surface area (Å²) in [5, 5.41) is 2.04. The van der Waals surface area contributed by atoms with E-state index >= 15 is 0 Å². The number of carbonyl (C=O) groups excluding carboxylic acids is 2. The Bertz CT molecular complexity index is 859. The predicted octanol–water partition coefficient (Wildman–Crippen LogP) is 1.54. The van der Waals surface area contributed by atoms with Gasteiger partial charge in [-0.15, -0.1) is 5.06 Å². The third-order valence-electron chi connectivity index (χ3n) is 5.78. The molecule has 1 N–H and O–H groups in total. The van der Waals surface area contributed by atoms with Crippen molar-refractivity contribution < 1.29 is 38.5 Å². The van der Waals surface area contributed by atoms with Crippen LogP contribution in [0.15, 0.2) is 24.0 Å². The fourth-order valence-electron chi connectivity index (χ4n) is 4.32. The Kier molecular flexibility index (Phi) is 7.45. The van der Waals surface area contributed by atoms with Gasteiger partial charge in [-0.05, 0) is 31.9 Å². The normalized spacial score (nSPS) is 21.1. The highest BCUT2D eigenvalue weighted by Gasteiger charge is 2.62. The fraction of sp³-hybridized carbons (Fsp3) is 0.545. The highest BCUT2D eigenvalue weighted by molar-refractivity contribution is 6.18. The van der Waals surface area contributed by atoms with Crippen LogP contribution in [0.1, 0.15) is 36.5 Å². The van der Waals surface area contributed by atoms with E-state index in [0.29, 0.717) is 37.1 Å². The van der Waals surface area contributed by atoms with E-state index in [0.717, 1.165) is 11.1 Å². The minimum Gasteiger partial charge on any atom is -0.434 e. The van der Waals surface area contributed by atoms with Crippen LogP contribution in [0.25, 0.3) is 5.57 Å². The molecule has 2 heterocycles. The molecule has 1 aromatic carbocycles. The second kappa shape index (κ2) is 9.88. The summed E-state index contributed by atoms with van der Waals surface area (Å²) in [5.74, 6) is -0.0149. The van der Waals surface area contributed by atoms with Gasteiger partial charge >= 0.3 is 12.1 Å². The van der Waals surface area contributed by atoms with Crippen molar-refractivity contribution in [2.45, 2.75) is 39.2 Å². The van der Waals surface area contributed by atoms with E-state index in [4.69, 9.17) is 23.9 Å². The Labute approximate surface area is 182 Å². The van der Waals surface area contributed by atoms with E-state index < -0.39 is 11.7 Å². The van der Waals surface area contributed by atoms with Crippen molar-refractivity contribution >= 4 is 17.6 Å². The maximum Gasteiger partial charge on any atom is 0.513 e. The second-order valence-electron chi connectivity index (χ2n) is 7.71. The molecule has 0 aliphatic carbocycles. The van der Waals surface area contributed by atoms with Crippen LogP contribution in [0, 0.1) is 13.8 Å². The molecule has 9 heteroatoms. The minimum absolute atomic E-state index is 0.0797. The van der Waals surface area contributed by atoms with Gasteiger partial charge < -0.3 is 19.0 Å². The van der Waals surface area contributed by atoms with Crippen molar-refractivity contribution in [3.05, 3.63) is 40.6 Å². The lowest BCUT2D eigenvalue weighted by molar-refractivity contribution is -1.06. The van der Waals surface area contributed by atoms with Crippen LogP contribution >= 0.6 is 0 Å². The zero-order valence-corrected chi connectivity index (χ0v) is 18.8. The average Bonchev–Trinajstić information content (AvgIpc) is 2.95. The third kappa shape index (κ3) is 4.51. The monoisotopic (exact) mass is 435 g/mol. The molecule has 0 bridgehead atoms. The number of benzene rings is 1. The van der Waals surface area contributed by atoms with Gasteiger partial charge in [0, 0.05) is 33.0 Å². The number of aryl methyl sites for hydroxylation is 2. The maximum absolute atomic E-state index is 13.7. The van der Waals surface area contributed by atoms with Gasteiger partial charge in [-0.3, -0.25) is 0 Å². The zero-order valence-electron chi connectivity index (χ0n) is 18.8. The summed E-state index contributed by atoms with van der Waals surface area (Å²) in [6.45, 7) is 6.78. The topological polar surface area (TPSA) is 88.0 Å². The van der Waals surface area contributed by atoms with E-state index in [9.17, 15) is 9.59 Å². The molecule has 1 spiro atoms. The van der Waals surface area contributed by atoms with Crippen molar-refractivity contribution in [2.75, 3.05) is 40.7 Å². The second-order valence-corrected chi connectivity index (χ2v) is 7.71. The number of methoxy groups -OCH3 is 1. The van der Waals surface area contributed by atoms with Crippen molar-refractivity contribution in [3.8, 4) is 0 Å². The fourth-order valence-corrected chi connectivity index (χ4v) is 4.32. The molecule has 0 radical (unpaired) electrons. The largest absolute Gasteiger partial charge is 0.513 e. The molecule has 1 unspecified atom stereocenters. The van der Waals surface area contributed by atoms with E-state index in [1.807, 2.05) is 32.0 Å². The number of hydroxylamine groups is 4. The first-order chi connectivity index (χ1) is 14.9. The lowest BCUT2D eigenvalue weighted by Crippen LogP contribution is -3.20. The Hall–Kier alpha value is -2.30. The molecule has 2 aliphatic rings. The van der Waals surface area contributed by atoms with Crippen LogP contribution in [0.5, 0.6) is 0 Å². The summed E-state index contributed by atoms with van der Waals surface area (Å²) in [7, 11) is 3.10. The molecule has 0 aromatic heterocycles. The smallest absolute Gasteiger partial charge is 0.434 e. The molecule has 31 heavy (non-hydrogen) atoms. The van der Waals surface area contributed by atoms with Gasteiger partial charge in [0.05, 0.1) is 13.7 Å². The number of ether oxygens (including phenoxy) is 3. The number of hydrogen-bond donors (Lipinski definition) is 1. The molecule has 0 saturated carbocycles. The Morgan fingerprint density at radius 1 is 1.19 bits per heavy atom. The Morgan fingerprint density at radius 2 is 1.90 bits per heavy atom. The van der Waals surface area contributed by atoms with E-state index in [-0.39, 0.29) is 30.1 Å². The number of rotatable bonds is 7. The van der Waals surface area contributed by atoms with Crippen molar-refractivity contribution in [1.82, 2.24) is 5.06 Å². The van der Waals surface area contributed by atoms with Gasteiger partial charge in [0.15, 0.2) is 11.3 Å². The molecule has 9 nitrogen and oxygen atoms in total. The molecule has 1 fully saturated rings. The standard InChI is InChI=1S/C22H30N2O7/c1-6-29-21(26)31-19-18(17-8-7-15(2)13-16(17)3)20(25)24(30-14-27-4)22(19)9-11-23(28-5)12-10-22/h7-8,13H,6,9-12,14H2,1-5H3/p+1. The summed E-state index contributed by atoms with van der Waals surface area (Å²) in [6.07, 6.45) is 0.123. The number of carbonyl (C=O) groups is 2. The Morgan fingerprint density at radius 3 is 2.48 bits per heavy atom. The van der Waals surface area contributed by atoms with E-state index in [1.54, 1.807) is 19.1 Å². The van der Waals surface area contributed by atoms with Crippen LogP contribution < -0.4 is 5.06 Å². The number of amides is 1. The first-order valence-corrected chi connectivity index (χ1v) is 10.4. The number of hydrogen-bond acceptors (Lipinski definition) is 8. The number of nitrogens with zero attached hydrogens (tertiary/aromatic N) is 1. The highest BCUT2D eigenvalue weighted by atomic mass is 16.8. The summed E-state index contributed by atoms with van der Waals surface area (Å²) >= 11 is 0. The van der Waals surface area contributed by atoms with Crippen molar-refractivity contribution in [3.63, 3.8) is 0 Å². The Balaban J connectivity index is 2.15. The van der Waals surface area contributed by atoms with E-state index in [2.05, 4.69) is 0 Å². The van der Waals surface area contributed by atoms with Gasteiger partial charge in [0.2, 0.25) is 6.79 Å². The van der Waals surface area contributed by atoms with Crippen LogP contribution in [0.4, 0.5) is 4.79 Å². The molecular weight excluding hydrogens is 404 g/mol. The van der Waals surface area contributed by atoms with Gasteiger partial charge in [-0.25, -0.2) is 9.59 Å². The first kappa shape index (κ1) is 23.4.